The van der Waals surface area contributed by atoms with E-state index in [1.54, 1.807) is 27.7 Å². The summed E-state index contributed by atoms with van der Waals surface area (Å²) in [5, 5.41) is 5.78. The highest BCUT2D eigenvalue weighted by Crippen LogP contribution is 2.06. The molecule has 0 aromatic heterocycles. The summed E-state index contributed by atoms with van der Waals surface area (Å²) in [7, 11) is 0. The highest BCUT2D eigenvalue weighted by Gasteiger charge is 2.15. The summed E-state index contributed by atoms with van der Waals surface area (Å²) in [6, 6.07) is 0. The number of carbonyl (C=O) groups is 3. The zero-order chi connectivity index (χ0) is 16.5. The molecule has 0 aliphatic rings. The third-order valence-corrected chi connectivity index (χ3v) is 1.81. The van der Waals surface area contributed by atoms with Gasteiger partial charge in [0.05, 0.1) is 6.61 Å². The second-order valence-corrected chi connectivity index (χ2v) is 4.93. The molecule has 0 unspecified atom stereocenters. The largest absolute Gasteiger partial charge is 0.460 e. The molecule has 0 saturated carbocycles. The van der Waals surface area contributed by atoms with Gasteiger partial charge in [-0.3, -0.25) is 4.79 Å². The fourth-order valence-corrected chi connectivity index (χ4v) is 1.02. The molecule has 0 fully saturated rings. The van der Waals surface area contributed by atoms with E-state index in [2.05, 4.69) is 20.6 Å². The van der Waals surface area contributed by atoms with Gasteiger partial charge in [0.15, 0.2) is 0 Å². The molecule has 0 heterocycles. The molecule has 9 nitrogen and oxygen atoms in total. The lowest BCUT2D eigenvalue weighted by molar-refractivity contribution is -0.135. The van der Waals surface area contributed by atoms with Gasteiger partial charge >= 0.3 is 12.1 Å². The second kappa shape index (κ2) is 8.77. The van der Waals surface area contributed by atoms with Gasteiger partial charge in [-0.15, -0.1) is 5.10 Å². The predicted octanol–water partition coefficient (Wildman–Crippen LogP) is -0.147. The second-order valence-electron chi connectivity index (χ2n) is 4.93. The van der Waals surface area contributed by atoms with Crippen molar-refractivity contribution in [3.8, 4) is 0 Å². The van der Waals surface area contributed by atoms with Crippen LogP contribution in [0.2, 0.25) is 0 Å². The van der Waals surface area contributed by atoms with Crippen LogP contribution in [0.1, 0.15) is 34.1 Å². The first-order valence-electron chi connectivity index (χ1n) is 6.41. The van der Waals surface area contributed by atoms with Crippen LogP contribution in [0.5, 0.6) is 0 Å². The van der Waals surface area contributed by atoms with Gasteiger partial charge in [-0.05, 0) is 27.7 Å². The minimum Gasteiger partial charge on any atom is -0.460 e. The van der Waals surface area contributed by atoms with Gasteiger partial charge in [0.25, 0.3) is 0 Å². The fraction of sp³-hybridized carbons (Fsp3) is 0.667. The van der Waals surface area contributed by atoms with Gasteiger partial charge in [0, 0.05) is 13.0 Å². The molecule has 0 rings (SSSR count). The smallest absolute Gasteiger partial charge is 0.407 e. The monoisotopic (exact) mass is 302 g/mol. The van der Waals surface area contributed by atoms with Crippen LogP contribution in [0, 0.1) is 0 Å². The maximum Gasteiger partial charge on any atom is 0.407 e. The standard InChI is InChI=1S/C12H22N4O5/c1-5-20-10(18)9(13)16-15-8(17)6-7-14-11(19)21-12(2,3)4/h5-7H2,1-4H3,(H2,13,16)(H,14,19)(H,15,17). The molecule has 0 aromatic carbocycles. The minimum absolute atomic E-state index is 0.0428. The summed E-state index contributed by atoms with van der Waals surface area (Å²) in [6.07, 6.45) is -0.663. The zero-order valence-electron chi connectivity index (χ0n) is 12.7. The third-order valence-electron chi connectivity index (χ3n) is 1.81. The van der Waals surface area contributed by atoms with E-state index < -0.39 is 29.4 Å². The average molecular weight is 302 g/mol. The van der Waals surface area contributed by atoms with E-state index in [0.29, 0.717) is 0 Å². The van der Waals surface area contributed by atoms with E-state index in [0.717, 1.165) is 0 Å². The van der Waals surface area contributed by atoms with Crippen LogP contribution < -0.4 is 16.5 Å². The first-order valence-corrected chi connectivity index (χ1v) is 6.41. The van der Waals surface area contributed by atoms with Crippen LogP contribution in [0.4, 0.5) is 4.79 Å². The van der Waals surface area contributed by atoms with E-state index >= 15 is 0 Å². The number of carbonyl (C=O) groups excluding carboxylic acids is 3. The molecule has 4 N–H and O–H groups in total. The lowest BCUT2D eigenvalue weighted by Crippen LogP contribution is -2.35. The van der Waals surface area contributed by atoms with Gasteiger partial charge in [-0.25, -0.2) is 15.0 Å². The van der Waals surface area contributed by atoms with Crippen molar-refractivity contribution in [2.24, 2.45) is 10.8 Å². The number of esters is 1. The van der Waals surface area contributed by atoms with Gasteiger partial charge in [0.2, 0.25) is 11.7 Å². The van der Waals surface area contributed by atoms with Gasteiger partial charge in [0.1, 0.15) is 5.60 Å². The third kappa shape index (κ3) is 10.2. The maximum atomic E-state index is 11.4. The Morgan fingerprint density at radius 1 is 1.24 bits per heavy atom. The number of amidine groups is 1. The molecule has 0 aromatic rings. The number of nitrogens with two attached hydrogens (primary N) is 1. The number of nitrogens with one attached hydrogen (secondary N) is 2. The topological polar surface area (TPSA) is 132 Å². The lowest BCUT2D eigenvalue weighted by Gasteiger charge is -2.19. The summed E-state index contributed by atoms with van der Waals surface area (Å²) in [5.74, 6) is -1.78. The molecule has 9 heteroatoms. The van der Waals surface area contributed by atoms with Crippen molar-refractivity contribution in [2.75, 3.05) is 13.2 Å². The Morgan fingerprint density at radius 3 is 2.38 bits per heavy atom. The molecule has 0 saturated heterocycles. The molecule has 0 radical (unpaired) electrons. The van der Waals surface area contributed by atoms with Gasteiger partial charge in [-0.1, -0.05) is 0 Å². The van der Waals surface area contributed by atoms with Crippen LogP contribution in [0.15, 0.2) is 5.10 Å². The Kier molecular flexibility index (Phi) is 7.80. The number of hydrogen-bond acceptors (Lipinski definition) is 6. The minimum atomic E-state index is -0.815. The molecule has 0 atom stereocenters. The lowest BCUT2D eigenvalue weighted by atomic mass is 10.2. The summed E-state index contributed by atoms with van der Waals surface area (Å²) in [4.78, 5) is 33.8. The van der Waals surface area contributed by atoms with Crippen molar-refractivity contribution in [3.63, 3.8) is 0 Å². The molecule has 0 aliphatic heterocycles. The molecule has 2 amide bonds. The summed E-state index contributed by atoms with van der Waals surface area (Å²) in [5.41, 5.74) is 6.74. The Morgan fingerprint density at radius 2 is 1.86 bits per heavy atom. The maximum absolute atomic E-state index is 11.4. The summed E-state index contributed by atoms with van der Waals surface area (Å²) >= 11 is 0. The van der Waals surface area contributed by atoms with E-state index in [1.165, 1.54) is 0 Å². The Labute approximate surface area is 123 Å². The highest BCUT2D eigenvalue weighted by atomic mass is 16.6. The van der Waals surface area contributed by atoms with Gasteiger partial charge < -0.3 is 20.5 Å². The van der Waals surface area contributed by atoms with Crippen molar-refractivity contribution in [2.45, 2.75) is 39.7 Å². The Balaban J connectivity index is 3.99. The predicted molar refractivity (Wildman–Crippen MR) is 75.3 cm³/mol. The summed E-state index contributed by atoms with van der Waals surface area (Å²) in [6.45, 7) is 7.02. The molecule has 0 bridgehead atoms. The Hall–Kier alpha value is -2.32. The van der Waals surface area contributed by atoms with Crippen LogP contribution in [0.3, 0.4) is 0 Å². The van der Waals surface area contributed by atoms with Gasteiger partial charge in [-0.2, -0.15) is 0 Å². The van der Waals surface area contributed by atoms with Crippen molar-refractivity contribution in [1.82, 2.24) is 10.7 Å². The Bertz CT molecular complexity index is 414. The van der Waals surface area contributed by atoms with Crippen LogP contribution in [0.25, 0.3) is 0 Å². The van der Waals surface area contributed by atoms with Crippen LogP contribution in [-0.4, -0.2) is 42.6 Å². The highest BCUT2D eigenvalue weighted by molar-refractivity contribution is 6.34. The summed E-state index contributed by atoms with van der Waals surface area (Å²) < 4.78 is 9.56. The number of hydrazone groups is 1. The molecule has 21 heavy (non-hydrogen) atoms. The molecular weight excluding hydrogens is 280 g/mol. The van der Waals surface area contributed by atoms with Crippen LogP contribution in [-0.2, 0) is 19.1 Å². The van der Waals surface area contributed by atoms with E-state index in [-0.39, 0.29) is 19.6 Å². The molecule has 0 aliphatic carbocycles. The quantitative estimate of drug-likeness (QED) is 0.280. The number of hydrogen-bond donors (Lipinski definition) is 3. The van der Waals surface area contributed by atoms with Crippen molar-refractivity contribution in [1.29, 1.82) is 0 Å². The normalized spacial score (nSPS) is 11.5. The number of amides is 2. The number of ether oxygens (including phenoxy) is 2. The number of alkyl carbamates (subject to hydrolysis) is 1. The fourth-order valence-electron chi connectivity index (χ4n) is 1.02. The first kappa shape index (κ1) is 18.7. The van der Waals surface area contributed by atoms with Crippen molar-refractivity contribution < 1.29 is 23.9 Å². The van der Waals surface area contributed by atoms with E-state index in [1.807, 2.05) is 0 Å². The molecule has 120 valence electrons. The van der Waals surface area contributed by atoms with Crippen molar-refractivity contribution in [3.05, 3.63) is 0 Å². The molecule has 0 spiro atoms. The van der Waals surface area contributed by atoms with E-state index in [4.69, 9.17) is 10.5 Å². The molecular formula is C12H22N4O5. The zero-order valence-corrected chi connectivity index (χ0v) is 12.7. The van der Waals surface area contributed by atoms with Crippen LogP contribution >= 0.6 is 0 Å². The number of nitrogens with zero attached hydrogens (tertiary/aromatic N) is 1. The van der Waals surface area contributed by atoms with Crippen molar-refractivity contribution >= 4 is 23.8 Å². The SMILES string of the molecule is CCOC(=O)/C(N)=N\NC(=O)CCNC(=O)OC(C)(C)C. The first-order chi connectivity index (χ1) is 9.65. The van der Waals surface area contributed by atoms with E-state index in [9.17, 15) is 14.4 Å². The number of rotatable bonds is 5. The average Bonchev–Trinajstić information content (AvgIpc) is 2.33.